The molecule has 0 saturated heterocycles. The Morgan fingerprint density at radius 3 is 2.50 bits per heavy atom. The lowest BCUT2D eigenvalue weighted by atomic mass is 10.2. The van der Waals surface area contributed by atoms with Crippen molar-refractivity contribution in [1.82, 2.24) is 0 Å². The van der Waals surface area contributed by atoms with Crippen molar-refractivity contribution in [1.29, 1.82) is 0 Å². The smallest absolute Gasteiger partial charge is 0.0897 e. The molecule has 0 saturated carbocycles. The molecule has 0 N–H and O–H groups in total. The molecule has 2 heteroatoms. The van der Waals surface area contributed by atoms with Gasteiger partial charge >= 0.3 is 0 Å². The zero-order valence-corrected chi connectivity index (χ0v) is 6.55. The summed E-state index contributed by atoms with van der Waals surface area (Å²) in [6.07, 6.45) is 0. The zero-order valence-electron chi connectivity index (χ0n) is 5.66. The average Bonchev–Trinajstić information content (AvgIpc) is 2.03. The van der Waals surface area contributed by atoms with Gasteiger partial charge in [0.25, 0.3) is 0 Å². The Labute approximate surface area is 66.4 Å². The zero-order chi connectivity index (χ0) is 7.23. The van der Waals surface area contributed by atoms with Crippen molar-refractivity contribution < 1.29 is 4.74 Å². The van der Waals surface area contributed by atoms with Gasteiger partial charge in [-0.15, -0.1) is 0 Å². The summed E-state index contributed by atoms with van der Waals surface area (Å²) < 4.78 is 5.08. The average molecular weight is 154 g/mol. The maximum absolute atomic E-state index is 5.08. The minimum absolute atomic E-state index is 0.481. The summed E-state index contributed by atoms with van der Waals surface area (Å²) >= 11 is 3.93. The Hall–Kier alpha value is -0.470. The van der Waals surface area contributed by atoms with Crippen molar-refractivity contribution in [2.75, 3.05) is 5.94 Å². The molecule has 0 bridgehead atoms. The number of hydrogen-bond donors (Lipinski definition) is 1. The number of ether oxygens (including phenoxy) is 1. The normalized spacial score (nSPS) is 9.70. The molecular weight excluding hydrogens is 144 g/mol. The summed E-state index contributed by atoms with van der Waals surface area (Å²) in [6, 6.07) is 10.0. The van der Waals surface area contributed by atoms with E-state index in [0.29, 0.717) is 12.5 Å². The lowest BCUT2D eigenvalue weighted by Gasteiger charge is -1.98. The summed E-state index contributed by atoms with van der Waals surface area (Å²) in [5.74, 6) is 0.481. The van der Waals surface area contributed by atoms with E-state index in [9.17, 15) is 0 Å². The van der Waals surface area contributed by atoms with Crippen LogP contribution in [-0.4, -0.2) is 5.94 Å². The maximum atomic E-state index is 5.08. The molecule has 1 aromatic carbocycles. The molecule has 0 radical (unpaired) electrons. The second-order valence-corrected chi connectivity index (χ2v) is 2.22. The van der Waals surface area contributed by atoms with Gasteiger partial charge in [-0.1, -0.05) is 30.3 Å². The lowest BCUT2D eigenvalue weighted by Crippen LogP contribution is -1.88. The molecule has 0 amide bonds. The van der Waals surface area contributed by atoms with E-state index in [1.165, 1.54) is 5.56 Å². The molecule has 0 unspecified atom stereocenters. The van der Waals surface area contributed by atoms with E-state index in [2.05, 4.69) is 12.6 Å². The van der Waals surface area contributed by atoms with Crippen LogP contribution in [-0.2, 0) is 11.3 Å². The second kappa shape index (κ2) is 4.36. The van der Waals surface area contributed by atoms with E-state index in [0.717, 1.165) is 0 Å². The van der Waals surface area contributed by atoms with Crippen LogP contribution in [0.3, 0.4) is 0 Å². The molecule has 0 heterocycles. The highest BCUT2D eigenvalue weighted by atomic mass is 32.1. The first-order valence-corrected chi connectivity index (χ1v) is 3.79. The Bertz CT molecular complexity index is 174. The molecule has 1 aromatic rings. The largest absolute Gasteiger partial charge is 0.366 e. The van der Waals surface area contributed by atoms with Crippen LogP contribution in [0.25, 0.3) is 0 Å². The van der Waals surface area contributed by atoms with Crippen LogP contribution in [0.5, 0.6) is 0 Å². The molecule has 0 aliphatic carbocycles. The summed E-state index contributed by atoms with van der Waals surface area (Å²) in [6.45, 7) is 0.657. The maximum Gasteiger partial charge on any atom is 0.0897 e. The third-order valence-electron chi connectivity index (χ3n) is 1.20. The highest BCUT2D eigenvalue weighted by Gasteiger charge is 1.87. The molecule has 0 atom stereocenters. The molecule has 0 aliphatic heterocycles. The molecule has 10 heavy (non-hydrogen) atoms. The van der Waals surface area contributed by atoms with Crippen molar-refractivity contribution in [3.8, 4) is 0 Å². The minimum atomic E-state index is 0.481. The van der Waals surface area contributed by atoms with Gasteiger partial charge in [-0.25, -0.2) is 0 Å². The van der Waals surface area contributed by atoms with Gasteiger partial charge < -0.3 is 4.74 Å². The number of thiol groups is 1. The Morgan fingerprint density at radius 1 is 1.20 bits per heavy atom. The predicted molar refractivity (Wildman–Crippen MR) is 45.1 cm³/mol. The van der Waals surface area contributed by atoms with Gasteiger partial charge in [-0.3, -0.25) is 0 Å². The van der Waals surface area contributed by atoms with Gasteiger partial charge in [0.05, 0.1) is 12.5 Å². The molecule has 0 aromatic heterocycles. The van der Waals surface area contributed by atoms with Crippen LogP contribution in [0.2, 0.25) is 0 Å². The quantitative estimate of drug-likeness (QED) is 0.518. The van der Waals surface area contributed by atoms with Crippen LogP contribution < -0.4 is 0 Å². The molecule has 0 aliphatic rings. The van der Waals surface area contributed by atoms with Gasteiger partial charge in [0.2, 0.25) is 0 Å². The fourth-order valence-electron chi connectivity index (χ4n) is 0.738. The van der Waals surface area contributed by atoms with Crippen LogP contribution in [0.4, 0.5) is 0 Å². The first-order valence-electron chi connectivity index (χ1n) is 3.16. The van der Waals surface area contributed by atoms with Crippen molar-refractivity contribution in [3.63, 3.8) is 0 Å². The second-order valence-electron chi connectivity index (χ2n) is 1.96. The highest BCUT2D eigenvalue weighted by Crippen LogP contribution is 1.99. The van der Waals surface area contributed by atoms with Crippen molar-refractivity contribution >= 4 is 12.6 Å². The first kappa shape index (κ1) is 7.63. The Kier molecular flexibility index (Phi) is 3.33. The monoisotopic (exact) mass is 154 g/mol. The summed E-state index contributed by atoms with van der Waals surface area (Å²) in [4.78, 5) is 0. The number of benzene rings is 1. The van der Waals surface area contributed by atoms with Crippen LogP contribution in [0, 0.1) is 0 Å². The van der Waals surface area contributed by atoms with Gasteiger partial charge in [-0.05, 0) is 5.56 Å². The van der Waals surface area contributed by atoms with Gasteiger partial charge in [0.1, 0.15) is 0 Å². The van der Waals surface area contributed by atoms with Crippen LogP contribution in [0.15, 0.2) is 30.3 Å². The standard InChI is InChI=1S/C8H10OS/c10-7-9-6-8-4-2-1-3-5-8/h1-5,10H,6-7H2. The van der Waals surface area contributed by atoms with Crippen molar-refractivity contribution in [3.05, 3.63) is 35.9 Å². The minimum Gasteiger partial charge on any atom is -0.366 e. The van der Waals surface area contributed by atoms with E-state index in [4.69, 9.17) is 4.74 Å². The van der Waals surface area contributed by atoms with Gasteiger partial charge in [0, 0.05) is 0 Å². The molecule has 54 valence electrons. The van der Waals surface area contributed by atoms with E-state index in [1.807, 2.05) is 30.3 Å². The number of hydrogen-bond acceptors (Lipinski definition) is 2. The van der Waals surface area contributed by atoms with Crippen molar-refractivity contribution in [2.24, 2.45) is 0 Å². The number of rotatable bonds is 3. The van der Waals surface area contributed by atoms with Crippen LogP contribution >= 0.6 is 12.6 Å². The fourth-order valence-corrected chi connectivity index (χ4v) is 0.829. The molecular formula is C8H10OS. The fraction of sp³-hybridized carbons (Fsp3) is 0.250. The molecule has 0 fully saturated rings. The third kappa shape index (κ3) is 2.42. The highest BCUT2D eigenvalue weighted by molar-refractivity contribution is 7.80. The Balaban J connectivity index is 2.43. The van der Waals surface area contributed by atoms with E-state index < -0.39 is 0 Å². The summed E-state index contributed by atoms with van der Waals surface area (Å²) in [5, 5.41) is 0. The van der Waals surface area contributed by atoms with E-state index >= 15 is 0 Å². The van der Waals surface area contributed by atoms with Gasteiger partial charge in [0.15, 0.2) is 0 Å². The molecule has 1 rings (SSSR count). The Morgan fingerprint density at radius 2 is 1.90 bits per heavy atom. The van der Waals surface area contributed by atoms with E-state index in [-0.39, 0.29) is 0 Å². The van der Waals surface area contributed by atoms with E-state index in [1.54, 1.807) is 0 Å². The van der Waals surface area contributed by atoms with Gasteiger partial charge in [-0.2, -0.15) is 12.6 Å². The van der Waals surface area contributed by atoms with Crippen molar-refractivity contribution in [2.45, 2.75) is 6.61 Å². The molecule has 0 spiro atoms. The predicted octanol–water partition coefficient (Wildman–Crippen LogP) is 2.09. The lowest BCUT2D eigenvalue weighted by molar-refractivity contribution is 0.170. The topological polar surface area (TPSA) is 9.23 Å². The SMILES string of the molecule is SCOCc1ccccc1. The third-order valence-corrected chi connectivity index (χ3v) is 1.39. The first-order chi connectivity index (χ1) is 4.93. The summed E-state index contributed by atoms with van der Waals surface area (Å²) in [7, 11) is 0. The summed E-state index contributed by atoms with van der Waals surface area (Å²) in [5.41, 5.74) is 1.19. The molecule has 1 nitrogen and oxygen atoms in total. The van der Waals surface area contributed by atoms with Crippen LogP contribution in [0.1, 0.15) is 5.56 Å².